The second-order valence-electron chi connectivity index (χ2n) is 3.18. The van der Waals surface area contributed by atoms with Crippen LogP contribution in [0.5, 0.6) is 0 Å². The summed E-state index contributed by atoms with van der Waals surface area (Å²) in [6.07, 6.45) is 0. The number of aromatic carboxylic acids is 1. The van der Waals surface area contributed by atoms with Crippen LogP contribution in [0.25, 0.3) is 0 Å². The lowest BCUT2D eigenvalue weighted by atomic mass is 10.0. The first-order valence-electron chi connectivity index (χ1n) is 4.27. The number of carbonyl (C=O) groups is 1. The minimum atomic E-state index is -0.903. The summed E-state index contributed by atoms with van der Waals surface area (Å²) in [7, 11) is 1.57. The highest BCUT2D eigenvalue weighted by atomic mass is 16.6. The van der Waals surface area contributed by atoms with Gasteiger partial charge in [-0.25, -0.2) is 9.63 Å². The van der Waals surface area contributed by atoms with E-state index < -0.39 is 5.97 Å². The molecular formula is C10H14NO3+. The largest absolute Gasteiger partial charge is 0.478 e. The Hall–Kier alpha value is -1.39. The number of benzene rings is 1. The summed E-state index contributed by atoms with van der Waals surface area (Å²) in [6.45, 7) is 3.73. The van der Waals surface area contributed by atoms with Crippen LogP contribution in [0.1, 0.15) is 21.5 Å². The average molecular weight is 196 g/mol. The molecule has 0 fully saturated rings. The summed E-state index contributed by atoms with van der Waals surface area (Å²) >= 11 is 0. The SMILES string of the molecule is CO[NH2+]c1c(C)cc(C(=O)O)cc1C. The molecule has 0 aliphatic carbocycles. The molecule has 0 aliphatic heterocycles. The normalized spacial score (nSPS) is 10.2. The van der Waals surface area contributed by atoms with Gasteiger partial charge in [-0.2, -0.15) is 5.48 Å². The molecule has 1 aromatic rings. The van der Waals surface area contributed by atoms with E-state index in [2.05, 4.69) is 0 Å². The molecule has 0 unspecified atom stereocenters. The van der Waals surface area contributed by atoms with E-state index >= 15 is 0 Å². The zero-order valence-electron chi connectivity index (χ0n) is 8.50. The average Bonchev–Trinajstić information content (AvgIpc) is 2.10. The van der Waals surface area contributed by atoms with Crippen molar-refractivity contribution >= 4 is 11.7 Å². The highest BCUT2D eigenvalue weighted by Gasteiger charge is 2.12. The van der Waals surface area contributed by atoms with Crippen molar-refractivity contribution in [2.75, 3.05) is 7.11 Å². The molecule has 4 nitrogen and oxygen atoms in total. The Kier molecular flexibility index (Phi) is 3.22. The van der Waals surface area contributed by atoms with Gasteiger partial charge in [0.15, 0.2) is 5.69 Å². The third-order valence-electron chi connectivity index (χ3n) is 2.08. The molecule has 0 aliphatic rings. The summed E-state index contributed by atoms with van der Waals surface area (Å²) < 4.78 is 0. The van der Waals surface area contributed by atoms with E-state index in [4.69, 9.17) is 9.94 Å². The number of rotatable bonds is 3. The third-order valence-corrected chi connectivity index (χ3v) is 2.08. The molecule has 1 rings (SSSR count). The van der Waals surface area contributed by atoms with Crippen molar-refractivity contribution in [3.63, 3.8) is 0 Å². The smallest absolute Gasteiger partial charge is 0.335 e. The lowest BCUT2D eigenvalue weighted by molar-refractivity contribution is -0.830. The summed E-state index contributed by atoms with van der Waals surface area (Å²) in [6, 6.07) is 3.28. The van der Waals surface area contributed by atoms with Gasteiger partial charge in [-0.15, -0.1) is 0 Å². The Labute approximate surface area is 82.5 Å². The maximum atomic E-state index is 10.7. The van der Waals surface area contributed by atoms with Crippen molar-refractivity contribution < 1.29 is 20.2 Å². The first-order valence-corrected chi connectivity index (χ1v) is 4.27. The predicted molar refractivity (Wildman–Crippen MR) is 51.5 cm³/mol. The number of aryl methyl sites for hydroxylation is 2. The van der Waals surface area contributed by atoms with Gasteiger partial charge < -0.3 is 5.11 Å². The van der Waals surface area contributed by atoms with Gasteiger partial charge in [0.2, 0.25) is 0 Å². The Balaban J connectivity index is 3.18. The van der Waals surface area contributed by atoms with Crippen LogP contribution in [0.3, 0.4) is 0 Å². The number of hydrogen-bond donors (Lipinski definition) is 2. The van der Waals surface area contributed by atoms with Crippen LogP contribution in [0.2, 0.25) is 0 Å². The number of hydrogen-bond acceptors (Lipinski definition) is 2. The molecule has 0 spiro atoms. The predicted octanol–water partition coefficient (Wildman–Crippen LogP) is 0.758. The van der Waals surface area contributed by atoms with E-state index in [1.165, 1.54) is 0 Å². The number of nitrogens with two attached hydrogens (primary N) is 1. The quantitative estimate of drug-likeness (QED) is 0.554. The lowest BCUT2D eigenvalue weighted by Gasteiger charge is -2.06. The fraction of sp³-hybridized carbons (Fsp3) is 0.300. The van der Waals surface area contributed by atoms with Crippen molar-refractivity contribution in [3.05, 3.63) is 28.8 Å². The van der Waals surface area contributed by atoms with Crippen LogP contribution in [0.15, 0.2) is 12.1 Å². The van der Waals surface area contributed by atoms with E-state index in [0.717, 1.165) is 16.8 Å². The maximum Gasteiger partial charge on any atom is 0.335 e. The Bertz CT molecular complexity index is 337. The number of carboxylic acids is 1. The standard InChI is InChI=1S/C10H13NO3/c1-6-4-8(10(12)13)5-7(2)9(6)11-14-3/h4-5,11H,1-3H3,(H,12,13)/p+1. The van der Waals surface area contributed by atoms with Gasteiger partial charge in [-0.1, -0.05) is 0 Å². The van der Waals surface area contributed by atoms with Crippen molar-refractivity contribution in [3.8, 4) is 0 Å². The molecule has 4 heteroatoms. The molecule has 0 atom stereocenters. The Morgan fingerprint density at radius 1 is 1.36 bits per heavy atom. The van der Waals surface area contributed by atoms with Gasteiger partial charge in [-0.05, 0) is 26.0 Å². The zero-order chi connectivity index (χ0) is 10.7. The molecule has 76 valence electrons. The highest BCUT2D eigenvalue weighted by Crippen LogP contribution is 2.17. The fourth-order valence-corrected chi connectivity index (χ4v) is 1.40. The highest BCUT2D eigenvalue weighted by molar-refractivity contribution is 5.88. The topological polar surface area (TPSA) is 63.1 Å². The lowest BCUT2D eigenvalue weighted by Crippen LogP contribution is -2.76. The van der Waals surface area contributed by atoms with Gasteiger partial charge in [0, 0.05) is 11.1 Å². The molecular weight excluding hydrogens is 182 g/mol. The molecule has 0 radical (unpaired) electrons. The molecule has 0 amide bonds. The minimum absolute atomic E-state index is 0.313. The maximum absolute atomic E-state index is 10.7. The Morgan fingerprint density at radius 3 is 2.21 bits per heavy atom. The van der Waals surface area contributed by atoms with E-state index in [1.807, 2.05) is 13.8 Å². The summed E-state index contributed by atoms with van der Waals surface area (Å²) in [5.41, 5.74) is 4.69. The van der Waals surface area contributed by atoms with E-state index in [0.29, 0.717) is 5.56 Å². The van der Waals surface area contributed by atoms with Crippen molar-refractivity contribution in [1.29, 1.82) is 0 Å². The second kappa shape index (κ2) is 4.21. The van der Waals surface area contributed by atoms with Gasteiger partial charge >= 0.3 is 5.97 Å². The van der Waals surface area contributed by atoms with Gasteiger partial charge in [0.25, 0.3) is 0 Å². The van der Waals surface area contributed by atoms with Gasteiger partial charge in [-0.3, -0.25) is 0 Å². The number of carboxylic acid groups (broad SMARTS) is 1. The van der Waals surface area contributed by atoms with Crippen molar-refractivity contribution in [1.82, 2.24) is 0 Å². The first-order chi connectivity index (χ1) is 6.56. The summed E-state index contributed by atoms with van der Waals surface area (Å²) in [5.74, 6) is -0.903. The van der Waals surface area contributed by atoms with E-state index in [-0.39, 0.29) is 0 Å². The molecule has 0 heterocycles. The van der Waals surface area contributed by atoms with E-state index in [1.54, 1.807) is 24.7 Å². The van der Waals surface area contributed by atoms with Gasteiger partial charge in [0.05, 0.1) is 12.7 Å². The summed E-state index contributed by atoms with van der Waals surface area (Å²) in [5, 5.41) is 8.81. The van der Waals surface area contributed by atoms with Crippen LogP contribution >= 0.6 is 0 Å². The van der Waals surface area contributed by atoms with Gasteiger partial charge in [0.1, 0.15) is 0 Å². The molecule has 14 heavy (non-hydrogen) atoms. The first kappa shape index (κ1) is 10.7. The fourth-order valence-electron chi connectivity index (χ4n) is 1.40. The van der Waals surface area contributed by atoms with E-state index in [9.17, 15) is 4.79 Å². The monoisotopic (exact) mass is 196 g/mol. The molecule has 0 saturated heterocycles. The molecule has 1 aromatic carbocycles. The van der Waals surface area contributed by atoms with Crippen molar-refractivity contribution in [2.45, 2.75) is 13.8 Å². The molecule has 3 N–H and O–H groups in total. The third kappa shape index (κ3) is 2.10. The number of quaternary nitrogens is 1. The van der Waals surface area contributed by atoms with Crippen LogP contribution in [0.4, 0.5) is 5.69 Å². The van der Waals surface area contributed by atoms with Crippen molar-refractivity contribution in [2.24, 2.45) is 0 Å². The van der Waals surface area contributed by atoms with Crippen LogP contribution in [-0.4, -0.2) is 18.2 Å². The van der Waals surface area contributed by atoms with Crippen LogP contribution in [-0.2, 0) is 4.84 Å². The molecule has 0 aromatic heterocycles. The van der Waals surface area contributed by atoms with Crippen LogP contribution in [0, 0.1) is 13.8 Å². The molecule has 0 saturated carbocycles. The minimum Gasteiger partial charge on any atom is -0.478 e. The molecule has 0 bridgehead atoms. The summed E-state index contributed by atoms with van der Waals surface area (Å²) in [4.78, 5) is 15.7. The Morgan fingerprint density at radius 2 is 1.86 bits per heavy atom. The van der Waals surface area contributed by atoms with Crippen LogP contribution < -0.4 is 5.48 Å². The second-order valence-corrected chi connectivity index (χ2v) is 3.18. The zero-order valence-corrected chi connectivity index (χ0v) is 8.50.